The van der Waals surface area contributed by atoms with Crippen LogP contribution < -0.4 is 10.4 Å². The standard InChI is InChI=1S/C12H12N2O3.Mg/c1-2-12(8-6-4-3-5-7-8)9(15)13-11(17)14-10(12)16;/h3-7H,2H2,1H3,(H2,13,14,15,16,17);/q;+2/p-1. The Balaban J connectivity index is 0.00000162. The van der Waals surface area contributed by atoms with Crippen LogP contribution in [-0.2, 0) is 10.2 Å². The van der Waals surface area contributed by atoms with E-state index in [9.17, 15) is 14.7 Å². The Hall–Kier alpha value is -1.40. The average molecular weight is 256 g/mol. The Bertz CT molecular complexity index is 501. The van der Waals surface area contributed by atoms with Gasteiger partial charge in [-0.2, -0.15) is 0 Å². The van der Waals surface area contributed by atoms with Gasteiger partial charge in [-0.05, 0) is 17.9 Å². The number of nitrogens with one attached hydrogen (secondary N) is 1. The summed E-state index contributed by atoms with van der Waals surface area (Å²) < 4.78 is 0. The quantitative estimate of drug-likeness (QED) is 0.753. The third-order valence-corrected chi connectivity index (χ3v) is 2.97. The van der Waals surface area contributed by atoms with E-state index < -0.39 is 23.3 Å². The third-order valence-electron chi connectivity index (χ3n) is 2.97. The van der Waals surface area contributed by atoms with Crippen molar-refractivity contribution >= 4 is 40.9 Å². The molecule has 0 radical (unpaired) electrons. The number of carbonyl (C=O) groups excluding carboxylic acids is 2. The van der Waals surface area contributed by atoms with E-state index in [2.05, 4.69) is 10.3 Å². The van der Waals surface area contributed by atoms with Gasteiger partial charge in [0, 0.05) is 0 Å². The van der Waals surface area contributed by atoms with Crippen LogP contribution in [0.4, 0.5) is 4.79 Å². The number of carbonyl (C=O) groups is 2. The van der Waals surface area contributed by atoms with E-state index in [1.54, 1.807) is 37.3 Å². The zero-order valence-corrected chi connectivity index (χ0v) is 11.4. The van der Waals surface area contributed by atoms with E-state index in [1.165, 1.54) is 0 Å². The second kappa shape index (κ2) is 5.49. The molecule has 6 heteroatoms. The van der Waals surface area contributed by atoms with Gasteiger partial charge in [0.1, 0.15) is 5.41 Å². The van der Waals surface area contributed by atoms with E-state index in [0.717, 1.165) is 0 Å². The molecule has 1 N–H and O–H groups in total. The molecule has 0 bridgehead atoms. The van der Waals surface area contributed by atoms with Crippen molar-refractivity contribution in [3.63, 3.8) is 0 Å². The maximum Gasteiger partial charge on any atom is 2.00 e. The molecule has 1 aromatic carbocycles. The molecule has 0 aliphatic carbocycles. The second-order valence-corrected chi connectivity index (χ2v) is 3.80. The summed E-state index contributed by atoms with van der Waals surface area (Å²) >= 11 is 0. The summed E-state index contributed by atoms with van der Waals surface area (Å²) in [6.07, 6.45) is 0.262. The molecule has 18 heavy (non-hydrogen) atoms. The Kier molecular flexibility index (Phi) is 4.47. The number of rotatable bonds is 2. The summed E-state index contributed by atoms with van der Waals surface area (Å²) in [5.41, 5.74) is -0.809. The second-order valence-electron chi connectivity index (χ2n) is 3.80. The van der Waals surface area contributed by atoms with Gasteiger partial charge < -0.3 is 5.11 Å². The normalized spacial score (nSPS) is 22.8. The summed E-state index contributed by atoms with van der Waals surface area (Å²) in [4.78, 5) is 26.3. The fourth-order valence-electron chi connectivity index (χ4n) is 2.01. The minimum Gasteiger partial charge on any atom is -0.861 e. The van der Waals surface area contributed by atoms with Crippen molar-refractivity contribution in [1.29, 1.82) is 0 Å². The molecule has 1 heterocycles. The number of hydrogen-bond acceptors (Lipinski definition) is 3. The van der Waals surface area contributed by atoms with Crippen molar-refractivity contribution in [2.45, 2.75) is 18.8 Å². The van der Waals surface area contributed by atoms with Gasteiger partial charge in [0.25, 0.3) is 0 Å². The predicted octanol–water partition coefficient (Wildman–Crippen LogP) is -0.0378. The molecular weight excluding hydrogens is 244 g/mol. The Morgan fingerprint density at radius 1 is 1.28 bits per heavy atom. The Morgan fingerprint density at radius 2 is 1.89 bits per heavy atom. The van der Waals surface area contributed by atoms with Crippen molar-refractivity contribution in [3.05, 3.63) is 35.9 Å². The van der Waals surface area contributed by atoms with Crippen molar-refractivity contribution < 1.29 is 14.7 Å². The third kappa shape index (κ3) is 2.13. The van der Waals surface area contributed by atoms with Gasteiger partial charge in [-0.3, -0.25) is 10.1 Å². The molecule has 1 aromatic rings. The number of benzene rings is 1. The predicted molar refractivity (Wildman–Crippen MR) is 65.1 cm³/mol. The average Bonchev–Trinajstić information content (AvgIpc) is 2.30. The fraction of sp³-hybridized carbons (Fsp3) is 0.250. The van der Waals surface area contributed by atoms with Crippen LogP contribution in [0.5, 0.6) is 0 Å². The number of imide groups is 1. The molecule has 5 nitrogen and oxygen atoms in total. The Morgan fingerprint density at radius 3 is 2.39 bits per heavy atom. The maximum atomic E-state index is 12.0. The van der Waals surface area contributed by atoms with Crippen LogP contribution in [-0.4, -0.2) is 40.9 Å². The molecule has 88 valence electrons. The topological polar surface area (TPSA) is 81.6 Å². The molecule has 0 saturated carbocycles. The Labute approximate surface area is 120 Å². The molecule has 0 saturated heterocycles. The molecule has 1 unspecified atom stereocenters. The molecule has 2 rings (SSSR count). The number of nitrogens with zero attached hydrogens (tertiary/aromatic N) is 1. The van der Waals surface area contributed by atoms with Gasteiger partial charge in [0.15, 0.2) is 0 Å². The van der Waals surface area contributed by atoms with Crippen LogP contribution in [0.2, 0.25) is 0 Å². The first kappa shape index (κ1) is 14.7. The summed E-state index contributed by atoms with van der Waals surface area (Å²) in [5.74, 6) is -1.30. The first-order chi connectivity index (χ1) is 8.11. The summed E-state index contributed by atoms with van der Waals surface area (Å²) in [6, 6.07) is 7.76. The van der Waals surface area contributed by atoms with Crippen molar-refractivity contribution in [2.24, 2.45) is 4.99 Å². The number of urea groups is 1. The SMILES string of the molecule is CCC1(c2ccccc2)C(=O)NC(=O)N=C1[O-].[Mg+2]. The molecular formula is C12H11MgN2O3+. The van der Waals surface area contributed by atoms with Gasteiger partial charge in [0.05, 0.1) is 0 Å². The minimum atomic E-state index is -1.37. The van der Waals surface area contributed by atoms with Crippen LogP contribution in [0, 0.1) is 0 Å². The van der Waals surface area contributed by atoms with Gasteiger partial charge >= 0.3 is 29.1 Å². The van der Waals surface area contributed by atoms with Crippen molar-refractivity contribution in [3.8, 4) is 0 Å². The number of amides is 3. The summed E-state index contributed by atoms with van der Waals surface area (Å²) in [5, 5.41) is 14.0. The molecule has 0 aromatic heterocycles. The summed E-state index contributed by atoms with van der Waals surface area (Å²) in [7, 11) is 0. The fourth-order valence-corrected chi connectivity index (χ4v) is 2.01. The molecule has 3 amide bonds. The van der Waals surface area contributed by atoms with Gasteiger partial charge in [-0.15, -0.1) is 0 Å². The van der Waals surface area contributed by atoms with Crippen molar-refractivity contribution in [2.75, 3.05) is 0 Å². The number of hydrogen-bond donors (Lipinski definition) is 1. The van der Waals surface area contributed by atoms with Crippen LogP contribution in [0.3, 0.4) is 0 Å². The zero-order chi connectivity index (χ0) is 12.5. The van der Waals surface area contributed by atoms with Crippen LogP contribution >= 0.6 is 0 Å². The molecule has 0 fully saturated rings. The van der Waals surface area contributed by atoms with Gasteiger partial charge in [-0.25, -0.2) is 9.79 Å². The summed E-state index contributed by atoms with van der Waals surface area (Å²) in [6.45, 7) is 1.72. The van der Waals surface area contributed by atoms with Crippen molar-refractivity contribution in [1.82, 2.24) is 5.32 Å². The first-order valence-corrected chi connectivity index (χ1v) is 5.28. The largest absolute Gasteiger partial charge is 2.00 e. The molecule has 1 aliphatic rings. The van der Waals surface area contributed by atoms with Crippen LogP contribution in [0.25, 0.3) is 0 Å². The first-order valence-electron chi connectivity index (χ1n) is 5.28. The van der Waals surface area contributed by atoms with Gasteiger partial charge in [-0.1, -0.05) is 37.3 Å². The van der Waals surface area contributed by atoms with E-state index in [1.807, 2.05) is 0 Å². The van der Waals surface area contributed by atoms with E-state index >= 15 is 0 Å². The van der Waals surface area contributed by atoms with E-state index in [-0.39, 0.29) is 29.5 Å². The van der Waals surface area contributed by atoms with Crippen LogP contribution in [0.1, 0.15) is 18.9 Å². The monoisotopic (exact) mass is 255 g/mol. The molecule has 0 spiro atoms. The van der Waals surface area contributed by atoms with Crippen LogP contribution in [0.15, 0.2) is 35.3 Å². The van der Waals surface area contributed by atoms with Gasteiger partial charge in [0.2, 0.25) is 5.91 Å². The van der Waals surface area contributed by atoms with E-state index in [0.29, 0.717) is 5.56 Å². The smallest absolute Gasteiger partial charge is 0.861 e. The molecule has 1 aliphatic heterocycles. The minimum absolute atomic E-state index is 0. The zero-order valence-electron chi connectivity index (χ0n) is 9.97. The van der Waals surface area contributed by atoms with E-state index in [4.69, 9.17) is 0 Å². The molecule has 1 atom stereocenters. The maximum absolute atomic E-state index is 12.0. The number of aliphatic imine (C=N–C) groups is 1.